The molecule has 7 heteroatoms. The molecule has 158 valence electrons. The first kappa shape index (κ1) is 20.9. The molecule has 0 spiro atoms. The average Bonchev–Trinajstić information content (AvgIpc) is 2.84. The number of aromatic nitrogens is 4. The molecule has 2 amide bonds. The van der Waals surface area contributed by atoms with Crippen molar-refractivity contribution in [2.45, 2.75) is 0 Å². The topological polar surface area (TPSA) is 83.9 Å². The van der Waals surface area contributed by atoms with Gasteiger partial charge in [0.25, 0.3) is 0 Å². The van der Waals surface area contributed by atoms with Gasteiger partial charge in [0.2, 0.25) is 0 Å². The molecule has 0 atom stereocenters. The van der Waals surface area contributed by atoms with Crippen LogP contribution in [-0.4, -0.2) is 44.0 Å². The monoisotopic (exact) mass is 422 g/mol. The standard InChI is InChI=1S/C25H22N6O/c1-3-15-31(16-4-2)25(32)28-18-11-12-19-22(17-18)30-24(21-10-6-8-14-27-21)23(29-19)20-9-5-7-13-26-20/h3-14,17H,1-2,15-16H2,(H,28,32). The number of carbonyl (C=O) groups is 1. The third-order valence-corrected chi connectivity index (χ3v) is 4.72. The first-order valence-corrected chi connectivity index (χ1v) is 10.1. The van der Waals surface area contributed by atoms with Gasteiger partial charge in [-0.2, -0.15) is 0 Å². The average molecular weight is 422 g/mol. The van der Waals surface area contributed by atoms with Crippen LogP contribution in [0, 0.1) is 0 Å². The molecule has 0 radical (unpaired) electrons. The molecule has 3 heterocycles. The van der Waals surface area contributed by atoms with Crippen molar-refractivity contribution < 1.29 is 4.79 Å². The Morgan fingerprint density at radius 2 is 1.44 bits per heavy atom. The molecule has 0 fully saturated rings. The summed E-state index contributed by atoms with van der Waals surface area (Å²) in [5, 5.41) is 2.90. The van der Waals surface area contributed by atoms with Gasteiger partial charge in [-0.05, 0) is 42.5 Å². The summed E-state index contributed by atoms with van der Waals surface area (Å²) in [5.41, 5.74) is 4.63. The van der Waals surface area contributed by atoms with E-state index in [9.17, 15) is 4.79 Å². The Morgan fingerprint density at radius 1 is 0.844 bits per heavy atom. The molecule has 0 saturated heterocycles. The summed E-state index contributed by atoms with van der Waals surface area (Å²) in [6, 6.07) is 16.5. The number of carbonyl (C=O) groups excluding carboxylic acids is 1. The van der Waals surface area contributed by atoms with Gasteiger partial charge >= 0.3 is 6.03 Å². The van der Waals surface area contributed by atoms with Crippen molar-refractivity contribution in [3.05, 3.63) is 92.3 Å². The molecule has 0 unspecified atom stereocenters. The van der Waals surface area contributed by atoms with Crippen LogP contribution in [0.25, 0.3) is 33.8 Å². The zero-order chi connectivity index (χ0) is 22.3. The van der Waals surface area contributed by atoms with Crippen molar-refractivity contribution in [1.29, 1.82) is 0 Å². The van der Waals surface area contributed by atoms with Crippen LogP contribution in [0.3, 0.4) is 0 Å². The highest BCUT2D eigenvalue weighted by Crippen LogP contribution is 2.29. The fourth-order valence-electron chi connectivity index (χ4n) is 3.25. The molecule has 0 aliphatic rings. The third kappa shape index (κ3) is 4.52. The number of anilines is 1. The quantitative estimate of drug-likeness (QED) is 0.426. The second kappa shape index (κ2) is 9.61. The number of nitrogens with zero attached hydrogens (tertiary/aromatic N) is 5. The molecular weight excluding hydrogens is 400 g/mol. The Hall–Kier alpha value is -4.39. The Labute approximate surface area is 186 Å². The van der Waals surface area contributed by atoms with Crippen molar-refractivity contribution >= 4 is 22.8 Å². The fourth-order valence-corrected chi connectivity index (χ4v) is 3.25. The summed E-state index contributed by atoms with van der Waals surface area (Å²) in [4.78, 5) is 32.8. The smallest absolute Gasteiger partial charge is 0.317 e. The summed E-state index contributed by atoms with van der Waals surface area (Å²) >= 11 is 0. The normalized spacial score (nSPS) is 10.5. The Balaban J connectivity index is 1.76. The molecule has 4 rings (SSSR count). The number of benzene rings is 1. The number of fused-ring (bicyclic) bond motifs is 1. The molecule has 0 saturated carbocycles. The van der Waals surface area contributed by atoms with Crippen molar-refractivity contribution in [2.75, 3.05) is 18.4 Å². The van der Waals surface area contributed by atoms with Crippen LogP contribution < -0.4 is 5.32 Å². The van der Waals surface area contributed by atoms with E-state index in [4.69, 9.17) is 9.97 Å². The second-order valence-electron chi connectivity index (χ2n) is 6.97. The Morgan fingerprint density at radius 3 is 1.97 bits per heavy atom. The van der Waals surface area contributed by atoms with Gasteiger partial charge in [0.15, 0.2) is 0 Å². The first-order chi connectivity index (χ1) is 15.7. The Bertz CT molecular complexity index is 1250. The number of hydrogen-bond donors (Lipinski definition) is 1. The van der Waals surface area contributed by atoms with Crippen LogP contribution in [0.4, 0.5) is 10.5 Å². The Kier molecular flexibility index (Phi) is 6.27. The van der Waals surface area contributed by atoms with Crippen LogP contribution in [-0.2, 0) is 0 Å². The van der Waals surface area contributed by atoms with Crippen LogP contribution in [0.5, 0.6) is 0 Å². The number of nitrogens with one attached hydrogen (secondary N) is 1. The molecule has 3 aromatic heterocycles. The van der Waals surface area contributed by atoms with E-state index in [1.54, 1.807) is 41.6 Å². The zero-order valence-corrected chi connectivity index (χ0v) is 17.5. The SMILES string of the molecule is C=CCN(CC=C)C(=O)Nc1ccc2nc(-c3ccccn3)c(-c3ccccn3)nc2c1. The molecule has 0 aliphatic heterocycles. The lowest BCUT2D eigenvalue weighted by atomic mass is 10.1. The van der Waals surface area contributed by atoms with Gasteiger partial charge < -0.3 is 10.2 Å². The first-order valence-electron chi connectivity index (χ1n) is 10.1. The van der Waals surface area contributed by atoms with Crippen molar-refractivity contribution in [1.82, 2.24) is 24.8 Å². The lowest BCUT2D eigenvalue weighted by Crippen LogP contribution is -2.35. The summed E-state index contributed by atoms with van der Waals surface area (Å²) < 4.78 is 0. The number of pyridine rings is 2. The minimum atomic E-state index is -0.243. The third-order valence-electron chi connectivity index (χ3n) is 4.72. The predicted octanol–water partition coefficient (Wildman–Crippen LogP) is 4.96. The van der Waals surface area contributed by atoms with Gasteiger partial charge in [-0.3, -0.25) is 9.97 Å². The molecule has 1 N–H and O–H groups in total. The molecule has 4 aromatic rings. The van der Waals surface area contributed by atoms with E-state index in [0.717, 1.165) is 0 Å². The van der Waals surface area contributed by atoms with E-state index in [0.29, 0.717) is 52.6 Å². The maximum absolute atomic E-state index is 12.6. The summed E-state index contributed by atoms with van der Waals surface area (Å²) in [5.74, 6) is 0. The fraction of sp³-hybridized carbons (Fsp3) is 0.0800. The van der Waals surface area contributed by atoms with E-state index in [-0.39, 0.29) is 6.03 Å². The lowest BCUT2D eigenvalue weighted by molar-refractivity contribution is 0.222. The van der Waals surface area contributed by atoms with Gasteiger partial charge in [-0.1, -0.05) is 24.3 Å². The van der Waals surface area contributed by atoms with Gasteiger partial charge in [0, 0.05) is 31.2 Å². The van der Waals surface area contributed by atoms with Crippen molar-refractivity contribution in [3.8, 4) is 22.8 Å². The van der Waals surface area contributed by atoms with E-state index in [1.807, 2.05) is 42.5 Å². The maximum Gasteiger partial charge on any atom is 0.322 e. The van der Waals surface area contributed by atoms with Crippen molar-refractivity contribution in [2.24, 2.45) is 0 Å². The molecule has 1 aromatic carbocycles. The lowest BCUT2D eigenvalue weighted by Gasteiger charge is -2.20. The zero-order valence-electron chi connectivity index (χ0n) is 17.5. The highest BCUT2D eigenvalue weighted by molar-refractivity contribution is 5.93. The number of urea groups is 1. The largest absolute Gasteiger partial charge is 0.322 e. The second-order valence-corrected chi connectivity index (χ2v) is 6.97. The van der Waals surface area contributed by atoms with Gasteiger partial charge in [0.05, 0.1) is 22.4 Å². The van der Waals surface area contributed by atoms with Crippen LogP contribution in [0.15, 0.2) is 92.3 Å². The molecule has 0 aliphatic carbocycles. The summed E-state index contributed by atoms with van der Waals surface area (Å²) in [6.45, 7) is 8.24. The number of rotatable bonds is 7. The van der Waals surface area contributed by atoms with Gasteiger partial charge in [0.1, 0.15) is 11.4 Å². The van der Waals surface area contributed by atoms with E-state index in [1.165, 1.54) is 0 Å². The van der Waals surface area contributed by atoms with Crippen LogP contribution in [0.2, 0.25) is 0 Å². The van der Waals surface area contributed by atoms with Crippen LogP contribution >= 0.6 is 0 Å². The highest BCUT2D eigenvalue weighted by atomic mass is 16.2. The van der Waals surface area contributed by atoms with E-state index >= 15 is 0 Å². The number of hydrogen-bond acceptors (Lipinski definition) is 5. The minimum Gasteiger partial charge on any atom is -0.317 e. The predicted molar refractivity (Wildman–Crippen MR) is 127 cm³/mol. The number of amides is 2. The van der Waals surface area contributed by atoms with Crippen LogP contribution in [0.1, 0.15) is 0 Å². The van der Waals surface area contributed by atoms with Crippen molar-refractivity contribution in [3.63, 3.8) is 0 Å². The molecular formula is C25H22N6O. The minimum absolute atomic E-state index is 0.243. The highest BCUT2D eigenvalue weighted by Gasteiger charge is 2.16. The van der Waals surface area contributed by atoms with Gasteiger partial charge in [-0.25, -0.2) is 14.8 Å². The van der Waals surface area contributed by atoms with E-state index in [2.05, 4.69) is 28.4 Å². The van der Waals surface area contributed by atoms with Gasteiger partial charge in [-0.15, -0.1) is 13.2 Å². The maximum atomic E-state index is 12.6. The summed E-state index contributed by atoms with van der Waals surface area (Å²) in [6.07, 6.45) is 6.79. The molecule has 0 bridgehead atoms. The van der Waals surface area contributed by atoms with E-state index < -0.39 is 0 Å². The molecule has 32 heavy (non-hydrogen) atoms. The summed E-state index contributed by atoms with van der Waals surface area (Å²) in [7, 11) is 0. The molecule has 7 nitrogen and oxygen atoms in total.